The van der Waals surface area contributed by atoms with Crippen molar-refractivity contribution in [3.8, 4) is 5.75 Å². The third-order valence-electron chi connectivity index (χ3n) is 3.92. The number of anilines is 1. The lowest BCUT2D eigenvalue weighted by atomic mass is 10.2. The van der Waals surface area contributed by atoms with E-state index in [1.807, 2.05) is 13.0 Å². The molecule has 27 heavy (non-hydrogen) atoms. The maximum absolute atomic E-state index is 12.5. The van der Waals surface area contributed by atoms with Crippen molar-refractivity contribution in [3.05, 3.63) is 54.1 Å². The van der Waals surface area contributed by atoms with Gasteiger partial charge < -0.3 is 10.1 Å². The maximum Gasteiger partial charge on any atom is 0.255 e. The van der Waals surface area contributed by atoms with E-state index in [0.29, 0.717) is 30.2 Å². The molecule has 2 aromatic rings. The number of carbonyl (C=O) groups is 1. The van der Waals surface area contributed by atoms with Crippen LogP contribution < -0.4 is 14.8 Å². The van der Waals surface area contributed by atoms with Gasteiger partial charge in [0.1, 0.15) is 5.75 Å². The summed E-state index contributed by atoms with van der Waals surface area (Å²) in [6.45, 7) is 4.66. The van der Waals surface area contributed by atoms with Gasteiger partial charge in [0.2, 0.25) is 10.0 Å². The summed E-state index contributed by atoms with van der Waals surface area (Å²) >= 11 is 0. The molecule has 0 saturated carbocycles. The summed E-state index contributed by atoms with van der Waals surface area (Å²) in [5.41, 5.74) is 0.799. The summed E-state index contributed by atoms with van der Waals surface area (Å²) in [5, 5.41) is 2.74. The number of benzene rings is 2. The largest absolute Gasteiger partial charge is 0.492 e. The fourth-order valence-electron chi connectivity index (χ4n) is 2.50. The average Bonchev–Trinajstić information content (AvgIpc) is 2.67. The average molecular weight is 391 g/mol. The Morgan fingerprint density at radius 2 is 1.78 bits per heavy atom. The van der Waals surface area contributed by atoms with Crippen LogP contribution in [0.1, 0.15) is 43.5 Å². The first kappa shape index (κ1) is 20.9. The van der Waals surface area contributed by atoms with Crippen LogP contribution >= 0.6 is 0 Å². The second-order valence-corrected chi connectivity index (χ2v) is 7.78. The lowest BCUT2D eigenvalue weighted by molar-refractivity contribution is 0.102. The molecule has 0 bridgehead atoms. The highest BCUT2D eigenvalue weighted by Crippen LogP contribution is 2.28. The second-order valence-electron chi connectivity index (χ2n) is 6.02. The minimum atomic E-state index is -3.65. The predicted octanol–water partition coefficient (Wildman–Crippen LogP) is 3.81. The Bertz CT molecular complexity index is 852. The van der Waals surface area contributed by atoms with Crippen molar-refractivity contribution in [2.75, 3.05) is 18.5 Å². The molecular weight excluding hydrogens is 364 g/mol. The van der Waals surface area contributed by atoms with Crippen molar-refractivity contribution in [1.29, 1.82) is 0 Å². The molecule has 0 fully saturated rings. The lowest BCUT2D eigenvalue weighted by Gasteiger charge is -2.14. The number of ether oxygens (including phenoxy) is 1. The SMILES string of the molecule is CCCCCNS(=O)(=O)c1ccc(OCC)c(NC(=O)c2ccccc2)c1. The number of unbranched alkanes of at least 4 members (excludes halogenated alkanes) is 2. The van der Waals surface area contributed by atoms with Crippen LogP contribution in [-0.4, -0.2) is 27.5 Å². The van der Waals surface area contributed by atoms with Crippen LogP contribution in [0.3, 0.4) is 0 Å². The van der Waals surface area contributed by atoms with E-state index in [1.165, 1.54) is 12.1 Å². The molecule has 0 saturated heterocycles. The van der Waals surface area contributed by atoms with Crippen molar-refractivity contribution >= 4 is 21.6 Å². The molecular formula is C20H26N2O4S. The van der Waals surface area contributed by atoms with Crippen LogP contribution in [0.2, 0.25) is 0 Å². The van der Waals surface area contributed by atoms with Crippen LogP contribution in [0.15, 0.2) is 53.4 Å². The molecule has 2 rings (SSSR count). The molecule has 1 amide bonds. The molecule has 2 N–H and O–H groups in total. The van der Waals surface area contributed by atoms with Crippen molar-refractivity contribution in [3.63, 3.8) is 0 Å². The Kier molecular flexibility index (Phi) is 7.82. The monoisotopic (exact) mass is 390 g/mol. The van der Waals surface area contributed by atoms with Gasteiger partial charge in [-0.2, -0.15) is 0 Å². The quantitative estimate of drug-likeness (QED) is 0.604. The summed E-state index contributed by atoms with van der Waals surface area (Å²) in [4.78, 5) is 12.5. The number of carbonyl (C=O) groups excluding carboxylic acids is 1. The number of amides is 1. The Labute approximate surface area is 161 Å². The molecule has 146 valence electrons. The lowest BCUT2D eigenvalue weighted by Crippen LogP contribution is -2.25. The van der Waals surface area contributed by atoms with Gasteiger partial charge in [0, 0.05) is 12.1 Å². The standard InChI is InChI=1S/C20H26N2O4S/c1-3-5-9-14-21-27(24,25)17-12-13-19(26-4-2)18(15-17)22-20(23)16-10-7-6-8-11-16/h6-8,10-13,15,21H,3-5,9,14H2,1-2H3,(H,22,23). The van der Waals surface area contributed by atoms with Gasteiger partial charge in [-0.25, -0.2) is 13.1 Å². The second kappa shape index (κ2) is 10.1. The van der Waals surface area contributed by atoms with Crippen molar-refractivity contribution in [1.82, 2.24) is 4.72 Å². The van der Waals surface area contributed by atoms with Gasteiger partial charge >= 0.3 is 0 Å². The van der Waals surface area contributed by atoms with Gasteiger partial charge in [-0.1, -0.05) is 38.0 Å². The first-order chi connectivity index (χ1) is 13.0. The van der Waals surface area contributed by atoms with Gasteiger partial charge in [-0.15, -0.1) is 0 Å². The summed E-state index contributed by atoms with van der Waals surface area (Å²) in [5.74, 6) is 0.0914. The van der Waals surface area contributed by atoms with Crippen LogP contribution in [-0.2, 0) is 10.0 Å². The Morgan fingerprint density at radius 3 is 2.44 bits per heavy atom. The van der Waals surface area contributed by atoms with E-state index in [0.717, 1.165) is 19.3 Å². The molecule has 0 unspecified atom stereocenters. The van der Waals surface area contributed by atoms with E-state index in [4.69, 9.17) is 4.74 Å². The number of sulfonamides is 1. The summed E-state index contributed by atoms with van der Waals surface area (Å²) in [6.07, 6.45) is 2.76. The zero-order valence-electron chi connectivity index (χ0n) is 15.7. The third kappa shape index (κ3) is 6.08. The summed E-state index contributed by atoms with van der Waals surface area (Å²) < 4.78 is 33.1. The van der Waals surface area contributed by atoms with Gasteiger partial charge in [0.25, 0.3) is 5.91 Å². The van der Waals surface area contributed by atoms with Crippen LogP contribution in [0.25, 0.3) is 0 Å². The van der Waals surface area contributed by atoms with Gasteiger partial charge in [0.05, 0.1) is 17.2 Å². The van der Waals surface area contributed by atoms with E-state index < -0.39 is 10.0 Å². The van der Waals surface area contributed by atoms with Crippen LogP contribution in [0, 0.1) is 0 Å². The highest BCUT2D eigenvalue weighted by Gasteiger charge is 2.18. The fourth-order valence-corrected chi connectivity index (χ4v) is 3.60. The van der Waals surface area contributed by atoms with E-state index in [2.05, 4.69) is 17.0 Å². The molecule has 0 spiro atoms. The summed E-state index contributed by atoms with van der Waals surface area (Å²) in [7, 11) is -3.65. The number of rotatable bonds is 10. The molecule has 0 aliphatic carbocycles. The zero-order valence-corrected chi connectivity index (χ0v) is 16.5. The van der Waals surface area contributed by atoms with Crippen molar-refractivity contribution in [2.45, 2.75) is 38.0 Å². The fraction of sp³-hybridized carbons (Fsp3) is 0.350. The number of hydrogen-bond acceptors (Lipinski definition) is 4. The van der Waals surface area contributed by atoms with Gasteiger partial charge in [-0.05, 0) is 43.7 Å². The Morgan fingerprint density at radius 1 is 1.04 bits per heavy atom. The third-order valence-corrected chi connectivity index (χ3v) is 5.38. The summed E-state index contributed by atoms with van der Waals surface area (Å²) in [6, 6.07) is 13.2. The predicted molar refractivity (Wildman–Crippen MR) is 107 cm³/mol. The van der Waals surface area contributed by atoms with E-state index in [9.17, 15) is 13.2 Å². The molecule has 7 heteroatoms. The van der Waals surface area contributed by atoms with E-state index in [-0.39, 0.29) is 10.8 Å². The van der Waals surface area contributed by atoms with Crippen molar-refractivity contribution in [2.24, 2.45) is 0 Å². The minimum Gasteiger partial charge on any atom is -0.492 e. The number of hydrogen-bond donors (Lipinski definition) is 2. The van der Waals surface area contributed by atoms with E-state index >= 15 is 0 Å². The Hall–Kier alpha value is -2.38. The Balaban J connectivity index is 2.24. The topological polar surface area (TPSA) is 84.5 Å². The smallest absolute Gasteiger partial charge is 0.255 e. The highest BCUT2D eigenvalue weighted by molar-refractivity contribution is 7.89. The molecule has 0 atom stereocenters. The van der Waals surface area contributed by atoms with Crippen LogP contribution in [0.5, 0.6) is 5.75 Å². The van der Waals surface area contributed by atoms with Crippen LogP contribution in [0.4, 0.5) is 5.69 Å². The first-order valence-electron chi connectivity index (χ1n) is 9.10. The normalized spacial score (nSPS) is 11.2. The molecule has 0 aliphatic heterocycles. The van der Waals surface area contributed by atoms with E-state index in [1.54, 1.807) is 30.3 Å². The number of nitrogens with one attached hydrogen (secondary N) is 2. The highest BCUT2D eigenvalue weighted by atomic mass is 32.2. The van der Waals surface area contributed by atoms with Gasteiger partial charge in [-0.3, -0.25) is 4.79 Å². The van der Waals surface area contributed by atoms with Gasteiger partial charge in [0.15, 0.2) is 0 Å². The molecule has 6 nitrogen and oxygen atoms in total. The molecule has 0 heterocycles. The zero-order chi connectivity index (χ0) is 19.7. The van der Waals surface area contributed by atoms with Crippen molar-refractivity contribution < 1.29 is 17.9 Å². The molecule has 0 aliphatic rings. The molecule has 2 aromatic carbocycles. The first-order valence-corrected chi connectivity index (χ1v) is 10.6. The minimum absolute atomic E-state index is 0.0887. The molecule has 0 radical (unpaired) electrons. The molecule has 0 aromatic heterocycles. The maximum atomic E-state index is 12.5.